The second-order valence-electron chi connectivity index (χ2n) is 6.76. The van der Waals surface area contributed by atoms with Gasteiger partial charge in [-0.3, -0.25) is 9.79 Å². The van der Waals surface area contributed by atoms with E-state index >= 15 is 0 Å². The van der Waals surface area contributed by atoms with E-state index in [0.717, 1.165) is 18.9 Å². The van der Waals surface area contributed by atoms with Gasteiger partial charge < -0.3 is 20.4 Å². The molecule has 28 heavy (non-hydrogen) atoms. The van der Waals surface area contributed by atoms with E-state index in [1.54, 1.807) is 13.1 Å². The van der Waals surface area contributed by atoms with Gasteiger partial charge in [0.1, 0.15) is 0 Å². The number of carbonyl (C=O) groups is 1. The van der Waals surface area contributed by atoms with E-state index in [1.807, 2.05) is 9.80 Å². The number of nitrogens with one attached hydrogen (secondary N) is 2. The molecular formula is C18H25F3IN5O. The minimum absolute atomic E-state index is 0. The van der Waals surface area contributed by atoms with Crippen molar-refractivity contribution in [1.82, 2.24) is 15.5 Å². The Bertz CT molecular complexity index is 701. The first-order valence-corrected chi connectivity index (χ1v) is 9.04. The molecule has 1 aliphatic carbocycles. The van der Waals surface area contributed by atoms with Crippen LogP contribution in [0, 0.1) is 0 Å². The van der Waals surface area contributed by atoms with Crippen molar-refractivity contribution in [2.24, 2.45) is 4.99 Å². The normalized spacial score (nSPS) is 17.8. The van der Waals surface area contributed by atoms with E-state index < -0.39 is 11.7 Å². The molecule has 156 valence electrons. The summed E-state index contributed by atoms with van der Waals surface area (Å²) in [6.45, 7) is 2.55. The predicted molar refractivity (Wildman–Crippen MR) is 113 cm³/mol. The average Bonchev–Trinajstić information content (AvgIpc) is 3.46. The highest BCUT2D eigenvalue weighted by molar-refractivity contribution is 14.0. The molecule has 1 amide bonds. The summed E-state index contributed by atoms with van der Waals surface area (Å²) < 4.78 is 38.7. The molecule has 0 spiro atoms. The van der Waals surface area contributed by atoms with Gasteiger partial charge in [0.2, 0.25) is 5.91 Å². The number of alkyl halides is 3. The minimum Gasteiger partial charge on any atom is -0.368 e. The average molecular weight is 511 g/mol. The van der Waals surface area contributed by atoms with Crippen molar-refractivity contribution in [2.75, 3.05) is 44.7 Å². The lowest BCUT2D eigenvalue weighted by Crippen LogP contribution is -2.53. The Balaban J connectivity index is 0.00000280. The highest BCUT2D eigenvalue weighted by Crippen LogP contribution is 2.31. The molecule has 0 bridgehead atoms. The van der Waals surface area contributed by atoms with E-state index in [-0.39, 0.29) is 36.4 Å². The third kappa shape index (κ3) is 6.14. The molecule has 0 aromatic heterocycles. The van der Waals surface area contributed by atoms with Gasteiger partial charge in [-0.2, -0.15) is 13.2 Å². The van der Waals surface area contributed by atoms with Crippen LogP contribution < -0.4 is 15.5 Å². The number of benzene rings is 1. The number of carbonyl (C=O) groups excluding carboxylic acids is 1. The number of piperazine rings is 1. The molecule has 1 heterocycles. The predicted octanol–water partition coefficient (Wildman–Crippen LogP) is 2.30. The van der Waals surface area contributed by atoms with Crippen LogP contribution in [-0.2, 0) is 11.0 Å². The zero-order chi connectivity index (χ0) is 19.4. The maximum atomic E-state index is 12.9. The van der Waals surface area contributed by atoms with Crippen LogP contribution in [0.2, 0.25) is 0 Å². The zero-order valence-corrected chi connectivity index (χ0v) is 18.0. The van der Waals surface area contributed by atoms with Crippen LogP contribution >= 0.6 is 24.0 Å². The topological polar surface area (TPSA) is 60.0 Å². The summed E-state index contributed by atoms with van der Waals surface area (Å²) in [6.07, 6.45) is -2.26. The Hall–Kier alpha value is -1.72. The van der Waals surface area contributed by atoms with Gasteiger partial charge in [-0.25, -0.2) is 0 Å². The maximum absolute atomic E-state index is 12.9. The summed E-state index contributed by atoms with van der Waals surface area (Å²) >= 11 is 0. The molecule has 10 heteroatoms. The largest absolute Gasteiger partial charge is 0.416 e. The van der Waals surface area contributed by atoms with Crippen LogP contribution in [0.3, 0.4) is 0 Å². The summed E-state index contributed by atoms with van der Waals surface area (Å²) in [5, 5.41) is 5.96. The molecule has 1 saturated heterocycles. The third-order valence-electron chi connectivity index (χ3n) is 4.68. The lowest BCUT2D eigenvalue weighted by molar-refractivity contribution is -0.137. The summed E-state index contributed by atoms with van der Waals surface area (Å²) in [6, 6.07) is 5.71. The maximum Gasteiger partial charge on any atom is 0.416 e. The SMILES string of the molecule is CN=C(NCC(=O)NC1CC1)N1CCN(c2cccc(C(F)(F)F)c2)CC1.I. The standard InChI is InChI=1S/C18H24F3N5O.HI/c1-22-17(23-12-16(27)24-14-5-6-14)26-9-7-25(8-10-26)15-4-2-3-13(11-15)18(19,20)21;/h2-4,11,14H,5-10,12H2,1H3,(H,22,23)(H,24,27);1H. The Kier molecular flexibility index (Phi) is 7.79. The number of rotatable bonds is 4. The van der Waals surface area contributed by atoms with Crippen LogP contribution in [0.5, 0.6) is 0 Å². The fourth-order valence-electron chi connectivity index (χ4n) is 3.05. The smallest absolute Gasteiger partial charge is 0.368 e. The summed E-state index contributed by atoms with van der Waals surface area (Å²) in [7, 11) is 1.65. The van der Waals surface area contributed by atoms with E-state index in [0.29, 0.717) is 43.9 Å². The number of hydrogen-bond acceptors (Lipinski definition) is 3. The van der Waals surface area contributed by atoms with Crippen LogP contribution in [-0.4, -0.2) is 62.6 Å². The van der Waals surface area contributed by atoms with Crippen molar-refractivity contribution >= 4 is 41.5 Å². The lowest BCUT2D eigenvalue weighted by atomic mass is 10.1. The van der Waals surface area contributed by atoms with Crippen LogP contribution in [0.15, 0.2) is 29.3 Å². The fraction of sp³-hybridized carbons (Fsp3) is 0.556. The van der Waals surface area contributed by atoms with Crippen molar-refractivity contribution in [3.63, 3.8) is 0 Å². The molecule has 0 radical (unpaired) electrons. The summed E-state index contributed by atoms with van der Waals surface area (Å²) in [5.41, 5.74) is -0.0715. The van der Waals surface area contributed by atoms with Gasteiger partial charge in [0.05, 0.1) is 12.1 Å². The minimum atomic E-state index is -4.34. The monoisotopic (exact) mass is 511 g/mol. The van der Waals surface area contributed by atoms with Gasteiger partial charge in [-0.1, -0.05) is 6.07 Å². The van der Waals surface area contributed by atoms with Gasteiger partial charge in [-0.05, 0) is 31.0 Å². The quantitative estimate of drug-likeness (QED) is 0.370. The number of aliphatic imine (C=N–C) groups is 1. The third-order valence-corrected chi connectivity index (χ3v) is 4.68. The highest BCUT2D eigenvalue weighted by Gasteiger charge is 2.31. The number of hydrogen-bond donors (Lipinski definition) is 2. The van der Waals surface area contributed by atoms with E-state index in [1.165, 1.54) is 12.1 Å². The highest BCUT2D eigenvalue weighted by atomic mass is 127. The Morgan fingerprint density at radius 1 is 1.21 bits per heavy atom. The number of halogens is 4. The van der Waals surface area contributed by atoms with Crippen LogP contribution in [0.25, 0.3) is 0 Å². The van der Waals surface area contributed by atoms with Crippen molar-refractivity contribution in [3.8, 4) is 0 Å². The first-order valence-electron chi connectivity index (χ1n) is 9.04. The first kappa shape index (κ1) is 22.6. The molecule has 3 rings (SSSR count). The van der Waals surface area contributed by atoms with E-state index in [2.05, 4.69) is 15.6 Å². The molecule has 2 N–H and O–H groups in total. The van der Waals surface area contributed by atoms with Gasteiger partial charge in [0.15, 0.2) is 5.96 Å². The molecule has 1 aromatic carbocycles. The molecule has 0 unspecified atom stereocenters. The number of guanidine groups is 1. The lowest BCUT2D eigenvalue weighted by Gasteiger charge is -2.37. The first-order chi connectivity index (χ1) is 12.9. The van der Waals surface area contributed by atoms with Gasteiger partial charge >= 0.3 is 6.18 Å². The second-order valence-corrected chi connectivity index (χ2v) is 6.76. The van der Waals surface area contributed by atoms with Gasteiger partial charge in [0, 0.05) is 45.0 Å². The number of anilines is 1. The van der Waals surface area contributed by atoms with Crippen LogP contribution in [0.4, 0.5) is 18.9 Å². The summed E-state index contributed by atoms with van der Waals surface area (Å²) in [5.74, 6) is 0.575. The van der Waals surface area contributed by atoms with Crippen molar-refractivity contribution in [3.05, 3.63) is 29.8 Å². The molecule has 1 aromatic rings. The van der Waals surface area contributed by atoms with Crippen molar-refractivity contribution in [2.45, 2.75) is 25.1 Å². The van der Waals surface area contributed by atoms with E-state index in [4.69, 9.17) is 0 Å². The molecule has 6 nitrogen and oxygen atoms in total. The second kappa shape index (κ2) is 9.66. The molecular weight excluding hydrogens is 486 g/mol. The molecule has 2 fully saturated rings. The van der Waals surface area contributed by atoms with Crippen molar-refractivity contribution < 1.29 is 18.0 Å². The molecule has 1 saturated carbocycles. The van der Waals surface area contributed by atoms with Crippen LogP contribution in [0.1, 0.15) is 18.4 Å². The zero-order valence-electron chi connectivity index (χ0n) is 15.6. The molecule has 0 atom stereocenters. The van der Waals surface area contributed by atoms with Gasteiger partial charge in [0.25, 0.3) is 0 Å². The number of amides is 1. The molecule has 1 aliphatic heterocycles. The Labute approximate surface area is 179 Å². The van der Waals surface area contributed by atoms with Gasteiger partial charge in [-0.15, -0.1) is 24.0 Å². The Morgan fingerprint density at radius 2 is 1.89 bits per heavy atom. The van der Waals surface area contributed by atoms with E-state index in [9.17, 15) is 18.0 Å². The Morgan fingerprint density at radius 3 is 2.46 bits per heavy atom. The summed E-state index contributed by atoms with van der Waals surface area (Å²) in [4.78, 5) is 19.9. The number of nitrogens with zero attached hydrogens (tertiary/aromatic N) is 3. The van der Waals surface area contributed by atoms with Crippen molar-refractivity contribution in [1.29, 1.82) is 0 Å². The fourth-order valence-corrected chi connectivity index (χ4v) is 3.05. The molecule has 2 aliphatic rings.